The second kappa shape index (κ2) is 11.6. The van der Waals surface area contributed by atoms with Crippen molar-refractivity contribution in [3.63, 3.8) is 0 Å². The van der Waals surface area contributed by atoms with Crippen LogP contribution in [0.3, 0.4) is 0 Å². The lowest BCUT2D eigenvalue weighted by Gasteiger charge is -2.20. The van der Waals surface area contributed by atoms with E-state index in [2.05, 4.69) is 15.6 Å². The number of amides is 1. The zero-order valence-electron chi connectivity index (χ0n) is 14.4. The Hall–Kier alpha value is -1.02. The Labute approximate surface area is 165 Å². The number of hydrogen-bond acceptors (Lipinski definition) is 6. The predicted molar refractivity (Wildman–Crippen MR) is 104 cm³/mol. The molecule has 0 saturated carbocycles. The molecule has 0 aliphatic carbocycles. The van der Waals surface area contributed by atoms with Crippen LogP contribution in [0, 0.1) is 5.92 Å². The highest BCUT2D eigenvalue weighted by Crippen LogP contribution is 2.32. The minimum atomic E-state index is -0.600. The van der Waals surface area contributed by atoms with Gasteiger partial charge in [-0.1, -0.05) is 19.9 Å². The van der Waals surface area contributed by atoms with Gasteiger partial charge in [0.05, 0.1) is 18.5 Å². The summed E-state index contributed by atoms with van der Waals surface area (Å²) in [5, 5.41) is 6.13. The molecule has 1 aliphatic heterocycles. The molecule has 9 heteroatoms. The average Bonchev–Trinajstić information content (AvgIpc) is 3.04. The molecule has 0 radical (unpaired) electrons. The maximum atomic E-state index is 12.4. The van der Waals surface area contributed by atoms with Crippen molar-refractivity contribution in [3.8, 4) is 0 Å². The van der Waals surface area contributed by atoms with E-state index in [4.69, 9.17) is 4.74 Å². The van der Waals surface area contributed by atoms with Gasteiger partial charge in [0.2, 0.25) is 5.91 Å². The van der Waals surface area contributed by atoms with E-state index in [1.54, 1.807) is 24.2 Å². The largest absolute Gasteiger partial charge is 0.467 e. The van der Waals surface area contributed by atoms with Gasteiger partial charge in [0, 0.05) is 18.1 Å². The van der Waals surface area contributed by atoms with E-state index in [0.717, 1.165) is 5.56 Å². The van der Waals surface area contributed by atoms with Crippen LogP contribution in [-0.4, -0.2) is 41.8 Å². The van der Waals surface area contributed by atoms with Gasteiger partial charge in [-0.3, -0.25) is 15.1 Å². The van der Waals surface area contributed by atoms with Crippen LogP contribution in [0.1, 0.15) is 31.2 Å². The zero-order chi connectivity index (χ0) is 16.8. The molecular weight excluding hydrogens is 385 g/mol. The Bertz CT molecular complexity index is 549. The Balaban J connectivity index is 0.00000288. The number of ether oxygens (including phenoxy) is 1. The van der Waals surface area contributed by atoms with Crippen LogP contribution in [-0.2, 0) is 14.3 Å². The fourth-order valence-corrected chi connectivity index (χ4v) is 3.67. The van der Waals surface area contributed by atoms with E-state index in [0.29, 0.717) is 12.2 Å². The zero-order valence-corrected chi connectivity index (χ0v) is 16.9. The highest BCUT2D eigenvalue weighted by Gasteiger charge is 2.33. The molecular formula is C16H25Cl2N3O3S. The number of carbonyl (C=O) groups excluding carboxylic acids is 2. The second-order valence-corrected chi connectivity index (χ2v) is 7.07. The molecule has 142 valence electrons. The van der Waals surface area contributed by atoms with Crippen molar-refractivity contribution in [1.82, 2.24) is 15.6 Å². The molecule has 2 N–H and O–H groups in total. The van der Waals surface area contributed by atoms with Gasteiger partial charge in [-0.25, -0.2) is 4.79 Å². The van der Waals surface area contributed by atoms with E-state index < -0.39 is 12.0 Å². The predicted octanol–water partition coefficient (Wildman–Crippen LogP) is 2.33. The first-order valence-corrected chi connectivity index (χ1v) is 8.72. The molecule has 0 bridgehead atoms. The number of carbonyl (C=O) groups is 2. The Morgan fingerprint density at radius 3 is 2.72 bits per heavy atom. The molecule has 0 spiro atoms. The molecule has 2 rings (SSSR count). The van der Waals surface area contributed by atoms with Gasteiger partial charge in [0.1, 0.15) is 6.04 Å². The van der Waals surface area contributed by atoms with E-state index in [1.807, 2.05) is 26.0 Å². The number of esters is 1. The highest BCUT2D eigenvalue weighted by molar-refractivity contribution is 7.99. The monoisotopic (exact) mass is 409 g/mol. The van der Waals surface area contributed by atoms with Crippen LogP contribution in [0.15, 0.2) is 24.5 Å². The fourth-order valence-electron chi connectivity index (χ4n) is 2.45. The number of nitrogens with one attached hydrogen (secondary N) is 2. The van der Waals surface area contributed by atoms with Gasteiger partial charge < -0.3 is 10.1 Å². The van der Waals surface area contributed by atoms with Gasteiger partial charge in [-0.2, -0.15) is 0 Å². The molecule has 1 amide bonds. The normalized spacial score (nSPS) is 20.2. The summed E-state index contributed by atoms with van der Waals surface area (Å²) in [4.78, 5) is 28.3. The number of aromatic nitrogens is 1. The van der Waals surface area contributed by atoms with Crippen LogP contribution in [0.5, 0.6) is 0 Å². The molecule has 25 heavy (non-hydrogen) atoms. The maximum Gasteiger partial charge on any atom is 0.328 e. The molecule has 1 fully saturated rings. The average molecular weight is 410 g/mol. The number of methoxy groups -OCH3 is 1. The number of thioether (sulfide) groups is 1. The van der Waals surface area contributed by atoms with Crippen molar-refractivity contribution in [2.45, 2.75) is 37.7 Å². The summed E-state index contributed by atoms with van der Waals surface area (Å²) in [7, 11) is 1.34. The molecule has 1 aromatic rings. The molecule has 0 aromatic carbocycles. The molecule has 2 unspecified atom stereocenters. The Morgan fingerprint density at radius 1 is 1.44 bits per heavy atom. The molecule has 6 nitrogen and oxygen atoms in total. The van der Waals surface area contributed by atoms with Crippen LogP contribution < -0.4 is 10.6 Å². The van der Waals surface area contributed by atoms with Crippen molar-refractivity contribution >= 4 is 48.5 Å². The highest BCUT2D eigenvalue weighted by atomic mass is 35.5. The van der Waals surface area contributed by atoms with E-state index >= 15 is 0 Å². The topological polar surface area (TPSA) is 80.3 Å². The lowest BCUT2D eigenvalue weighted by molar-refractivity contribution is -0.145. The van der Waals surface area contributed by atoms with Crippen molar-refractivity contribution in [2.24, 2.45) is 5.92 Å². The first kappa shape index (κ1) is 24.0. The van der Waals surface area contributed by atoms with E-state index in [9.17, 15) is 9.59 Å². The van der Waals surface area contributed by atoms with Crippen LogP contribution >= 0.6 is 36.6 Å². The van der Waals surface area contributed by atoms with Crippen molar-refractivity contribution in [1.29, 1.82) is 0 Å². The third kappa shape index (κ3) is 7.01. The van der Waals surface area contributed by atoms with Crippen molar-refractivity contribution in [3.05, 3.63) is 30.1 Å². The van der Waals surface area contributed by atoms with E-state index in [-0.39, 0.29) is 48.1 Å². The quantitative estimate of drug-likeness (QED) is 0.701. The first-order chi connectivity index (χ1) is 11.0. The summed E-state index contributed by atoms with van der Waals surface area (Å²) >= 11 is 1.66. The molecule has 1 aromatic heterocycles. The lowest BCUT2D eigenvalue weighted by atomic mass is 10.0. The number of pyridine rings is 1. The Morgan fingerprint density at radius 2 is 2.16 bits per heavy atom. The van der Waals surface area contributed by atoms with Crippen LogP contribution in [0.25, 0.3) is 0 Å². The van der Waals surface area contributed by atoms with Crippen LogP contribution in [0.4, 0.5) is 0 Å². The second-order valence-electron chi connectivity index (χ2n) is 5.93. The third-order valence-electron chi connectivity index (χ3n) is 3.60. The minimum Gasteiger partial charge on any atom is -0.467 e. The SMILES string of the molecule is COC(=O)[C@H](CC(C)C)NC(=O)C1CSC(c2cccnc2)N1.Cl.Cl. The van der Waals surface area contributed by atoms with E-state index in [1.165, 1.54) is 7.11 Å². The fraction of sp³-hybridized carbons (Fsp3) is 0.562. The minimum absolute atomic E-state index is 0. The number of hydrogen-bond donors (Lipinski definition) is 2. The van der Waals surface area contributed by atoms with Gasteiger partial charge in [0.25, 0.3) is 0 Å². The number of nitrogens with zero attached hydrogens (tertiary/aromatic N) is 1. The molecule has 1 saturated heterocycles. The molecule has 1 aliphatic rings. The summed E-state index contributed by atoms with van der Waals surface area (Å²) in [6.07, 6.45) is 4.07. The maximum absolute atomic E-state index is 12.4. The number of rotatable bonds is 6. The molecule has 3 atom stereocenters. The number of halogens is 2. The summed E-state index contributed by atoms with van der Waals surface area (Å²) in [5.74, 6) is 0.371. The summed E-state index contributed by atoms with van der Waals surface area (Å²) in [6, 6.07) is 2.93. The van der Waals surface area contributed by atoms with Gasteiger partial charge in [-0.15, -0.1) is 36.6 Å². The van der Waals surface area contributed by atoms with Gasteiger partial charge in [0.15, 0.2) is 0 Å². The van der Waals surface area contributed by atoms with Crippen molar-refractivity contribution < 1.29 is 14.3 Å². The first-order valence-electron chi connectivity index (χ1n) is 7.67. The summed E-state index contributed by atoms with van der Waals surface area (Å²) in [5.41, 5.74) is 1.04. The van der Waals surface area contributed by atoms with Gasteiger partial charge >= 0.3 is 5.97 Å². The van der Waals surface area contributed by atoms with Crippen molar-refractivity contribution in [2.75, 3.05) is 12.9 Å². The lowest BCUT2D eigenvalue weighted by Crippen LogP contribution is -2.50. The van der Waals surface area contributed by atoms with Gasteiger partial charge in [-0.05, 0) is 24.0 Å². The smallest absolute Gasteiger partial charge is 0.328 e. The van der Waals surface area contributed by atoms with Crippen LogP contribution in [0.2, 0.25) is 0 Å². The summed E-state index contributed by atoms with van der Waals surface area (Å²) < 4.78 is 4.78. The molecule has 2 heterocycles. The standard InChI is InChI=1S/C16H23N3O3S.2ClH/c1-10(2)7-12(16(21)22-3)18-14(20)13-9-23-15(19-13)11-5-4-6-17-8-11;;/h4-6,8,10,12-13,15,19H,7,9H2,1-3H3,(H,18,20);2*1H/t12-,13?,15?;;/m0../s1. The Kier molecular flexibility index (Phi) is 11.1. The summed E-state index contributed by atoms with van der Waals surface area (Å²) in [6.45, 7) is 4.01. The third-order valence-corrected chi connectivity index (χ3v) is 4.86.